The molecule has 3 rings (SSSR count). The Morgan fingerprint density at radius 2 is 1.65 bits per heavy atom. The van der Waals surface area contributed by atoms with E-state index in [1.165, 1.54) is 0 Å². The zero-order chi connectivity index (χ0) is 14.1. The second kappa shape index (κ2) is 5.29. The smallest absolute Gasteiger partial charge is 0.292 e. The lowest BCUT2D eigenvalue weighted by Crippen LogP contribution is -2.32. The fraction of sp³-hybridized carbons (Fsp3) is 0.188. The Kier molecular flexibility index (Phi) is 3.49. The molecular weight excluding hydrogens is 316 g/mol. The van der Waals surface area contributed by atoms with E-state index in [4.69, 9.17) is 0 Å². The van der Waals surface area contributed by atoms with Gasteiger partial charge in [-0.25, -0.2) is 4.79 Å². The third-order valence-corrected chi connectivity index (χ3v) is 4.47. The van der Waals surface area contributed by atoms with Crippen LogP contribution >= 0.6 is 15.9 Å². The first-order valence-electron chi connectivity index (χ1n) is 6.57. The lowest BCUT2D eigenvalue weighted by Gasteiger charge is -2.20. The van der Waals surface area contributed by atoms with Crippen LogP contribution in [0, 0.1) is 6.92 Å². The van der Waals surface area contributed by atoms with E-state index in [2.05, 4.69) is 15.9 Å². The normalized spacial score (nSPS) is 15.0. The Balaban J connectivity index is 1.91. The number of amides is 2. The molecule has 2 aromatic rings. The maximum atomic E-state index is 12.6. The van der Waals surface area contributed by atoms with Gasteiger partial charge in [-0.15, -0.1) is 0 Å². The highest BCUT2D eigenvalue weighted by molar-refractivity contribution is 9.10. The lowest BCUT2D eigenvalue weighted by atomic mass is 10.2. The van der Waals surface area contributed by atoms with Crippen molar-refractivity contribution >= 4 is 33.3 Å². The molecule has 0 aliphatic carbocycles. The summed E-state index contributed by atoms with van der Waals surface area (Å²) in [5.41, 5.74) is 3.02. The monoisotopic (exact) mass is 330 g/mol. The second-order valence-corrected chi connectivity index (χ2v) is 5.66. The first-order chi connectivity index (χ1) is 9.68. The standard InChI is InChI=1S/C16H15BrN2O/c1-12-14(17)8-5-9-15(12)19-11-10-18(16(19)20)13-6-3-2-4-7-13/h2-9H,10-11H2,1H3. The quantitative estimate of drug-likeness (QED) is 0.809. The van der Waals surface area contributed by atoms with Crippen LogP contribution in [-0.4, -0.2) is 19.1 Å². The van der Waals surface area contributed by atoms with Crippen molar-refractivity contribution in [2.45, 2.75) is 6.92 Å². The van der Waals surface area contributed by atoms with Crippen LogP contribution in [0.3, 0.4) is 0 Å². The first-order valence-corrected chi connectivity index (χ1v) is 7.37. The van der Waals surface area contributed by atoms with E-state index in [0.717, 1.165) is 28.0 Å². The minimum Gasteiger partial charge on any atom is -0.292 e. The summed E-state index contributed by atoms with van der Waals surface area (Å²) in [6.07, 6.45) is 0. The van der Waals surface area contributed by atoms with Crippen molar-refractivity contribution in [3.63, 3.8) is 0 Å². The largest absolute Gasteiger partial charge is 0.329 e. The summed E-state index contributed by atoms with van der Waals surface area (Å²) >= 11 is 3.52. The molecule has 0 aromatic heterocycles. The molecule has 1 saturated heterocycles. The number of benzene rings is 2. The molecule has 0 unspecified atom stereocenters. The number of anilines is 2. The van der Waals surface area contributed by atoms with Gasteiger partial charge < -0.3 is 0 Å². The van der Waals surface area contributed by atoms with Gasteiger partial charge in [0.2, 0.25) is 0 Å². The van der Waals surface area contributed by atoms with Crippen molar-refractivity contribution in [3.8, 4) is 0 Å². The molecule has 2 aromatic carbocycles. The summed E-state index contributed by atoms with van der Waals surface area (Å²) in [4.78, 5) is 16.3. The SMILES string of the molecule is Cc1c(Br)cccc1N1CCN(c2ccccc2)C1=O. The number of carbonyl (C=O) groups excluding carboxylic acids is 1. The molecule has 0 bridgehead atoms. The van der Waals surface area contributed by atoms with Gasteiger partial charge in [0.15, 0.2) is 0 Å². The molecular formula is C16H15BrN2O. The van der Waals surface area contributed by atoms with E-state index in [-0.39, 0.29) is 6.03 Å². The summed E-state index contributed by atoms with van der Waals surface area (Å²) in [5.74, 6) is 0. The van der Waals surface area contributed by atoms with Gasteiger partial charge in [-0.3, -0.25) is 9.80 Å². The topological polar surface area (TPSA) is 23.6 Å². The molecule has 0 spiro atoms. The van der Waals surface area contributed by atoms with Gasteiger partial charge in [0, 0.05) is 28.9 Å². The Labute approximate surface area is 126 Å². The Morgan fingerprint density at radius 3 is 2.40 bits per heavy atom. The van der Waals surface area contributed by atoms with E-state index in [0.29, 0.717) is 6.54 Å². The van der Waals surface area contributed by atoms with E-state index in [1.54, 1.807) is 0 Å². The number of nitrogens with zero attached hydrogens (tertiary/aromatic N) is 2. The molecule has 20 heavy (non-hydrogen) atoms. The van der Waals surface area contributed by atoms with Crippen molar-refractivity contribution in [1.29, 1.82) is 0 Å². The van der Waals surface area contributed by atoms with Crippen LogP contribution in [0.2, 0.25) is 0 Å². The zero-order valence-electron chi connectivity index (χ0n) is 11.2. The highest BCUT2D eigenvalue weighted by atomic mass is 79.9. The summed E-state index contributed by atoms with van der Waals surface area (Å²) in [7, 11) is 0. The number of hydrogen-bond acceptors (Lipinski definition) is 1. The summed E-state index contributed by atoms with van der Waals surface area (Å²) < 4.78 is 1.03. The third kappa shape index (κ3) is 2.20. The van der Waals surface area contributed by atoms with Crippen LogP contribution in [0.4, 0.5) is 16.2 Å². The van der Waals surface area contributed by atoms with Crippen LogP contribution in [0.5, 0.6) is 0 Å². The van der Waals surface area contributed by atoms with E-state index in [1.807, 2.05) is 65.3 Å². The molecule has 4 heteroatoms. The van der Waals surface area contributed by atoms with Gasteiger partial charge in [0.1, 0.15) is 0 Å². The Morgan fingerprint density at radius 1 is 0.950 bits per heavy atom. The molecule has 1 heterocycles. The summed E-state index contributed by atoms with van der Waals surface area (Å²) in [6, 6.07) is 15.8. The molecule has 0 N–H and O–H groups in total. The Bertz CT molecular complexity index is 642. The lowest BCUT2D eigenvalue weighted by molar-refractivity contribution is 0.256. The molecule has 0 atom stereocenters. The number of carbonyl (C=O) groups is 1. The minimum atomic E-state index is 0.0393. The molecule has 1 fully saturated rings. The maximum absolute atomic E-state index is 12.6. The molecule has 1 aliphatic rings. The van der Waals surface area contributed by atoms with Crippen molar-refractivity contribution in [2.75, 3.05) is 22.9 Å². The van der Waals surface area contributed by atoms with Gasteiger partial charge in [-0.2, -0.15) is 0 Å². The van der Waals surface area contributed by atoms with Crippen LogP contribution < -0.4 is 9.80 Å². The predicted molar refractivity (Wildman–Crippen MR) is 85.4 cm³/mol. The molecule has 2 amide bonds. The summed E-state index contributed by atoms with van der Waals surface area (Å²) in [5, 5.41) is 0. The van der Waals surface area contributed by atoms with Gasteiger partial charge in [0.05, 0.1) is 0 Å². The minimum absolute atomic E-state index is 0.0393. The average Bonchev–Trinajstić information content (AvgIpc) is 2.85. The second-order valence-electron chi connectivity index (χ2n) is 4.81. The van der Waals surface area contributed by atoms with Gasteiger partial charge in [-0.05, 0) is 36.8 Å². The average molecular weight is 331 g/mol. The number of hydrogen-bond donors (Lipinski definition) is 0. The maximum Gasteiger partial charge on any atom is 0.329 e. The van der Waals surface area contributed by atoms with Crippen molar-refractivity contribution < 1.29 is 4.79 Å². The fourth-order valence-electron chi connectivity index (χ4n) is 2.50. The van der Waals surface area contributed by atoms with Crippen LogP contribution in [-0.2, 0) is 0 Å². The third-order valence-electron chi connectivity index (χ3n) is 3.61. The number of halogens is 1. The van der Waals surface area contributed by atoms with Crippen molar-refractivity contribution in [2.24, 2.45) is 0 Å². The van der Waals surface area contributed by atoms with Crippen LogP contribution in [0.15, 0.2) is 53.0 Å². The van der Waals surface area contributed by atoms with Crippen LogP contribution in [0.1, 0.15) is 5.56 Å². The molecule has 0 saturated carbocycles. The number of urea groups is 1. The van der Waals surface area contributed by atoms with Crippen molar-refractivity contribution in [3.05, 3.63) is 58.6 Å². The highest BCUT2D eigenvalue weighted by Crippen LogP contribution is 2.30. The van der Waals surface area contributed by atoms with Gasteiger partial charge in [-0.1, -0.05) is 40.2 Å². The Hall–Kier alpha value is -1.81. The number of rotatable bonds is 2. The molecule has 1 aliphatic heterocycles. The van der Waals surface area contributed by atoms with E-state index < -0.39 is 0 Å². The predicted octanol–water partition coefficient (Wildman–Crippen LogP) is 4.20. The highest BCUT2D eigenvalue weighted by Gasteiger charge is 2.31. The molecule has 0 radical (unpaired) electrons. The van der Waals surface area contributed by atoms with Crippen LogP contribution in [0.25, 0.3) is 0 Å². The first kappa shape index (κ1) is 13.2. The molecule has 3 nitrogen and oxygen atoms in total. The zero-order valence-corrected chi connectivity index (χ0v) is 12.8. The van der Waals surface area contributed by atoms with E-state index >= 15 is 0 Å². The fourth-order valence-corrected chi connectivity index (χ4v) is 2.85. The van der Waals surface area contributed by atoms with Crippen molar-refractivity contribution in [1.82, 2.24) is 0 Å². The number of para-hydroxylation sites is 1. The van der Waals surface area contributed by atoms with E-state index in [9.17, 15) is 4.79 Å². The summed E-state index contributed by atoms with van der Waals surface area (Å²) in [6.45, 7) is 3.46. The molecule has 102 valence electrons. The van der Waals surface area contributed by atoms with Gasteiger partial charge in [0.25, 0.3) is 0 Å². The van der Waals surface area contributed by atoms with Gasteiger partial charge >= 0.3 is 6.03 Å².